The van der Waals surface area contributed by atoms with Crippen LogP contribution in [0.5, 0.6) is 0 Å². The summed E-state index contributed by atoms with van der Waals surface area (Å²) in [5.41, 5.74) is 3.28. The third-order valence-corrected chi connectivity index (χ3v) is 5.47. The van der Waals surface area contributed by atoms with Crippen LogP contribution in [-0.4, -0.2) is 16.4 Å². The molecule has 2 N–H and O–H groups in total. The van der Waals surface area contributed by atoms with Gasteiger partial charge in [-0.05, 0) is 50.0 Å². The summed E-state index contributed by atoms with van der Waals surface area (Å²) in [6.07, 6.45) is 4.51. The van der Waals surface area contributed by atoms with Crippen molar-refractivity contribution in [1.29, 1.82) is 0 Å². The molecule has 1 aliphatic carbocycles. The number of rotatable bonds is 4. The van der Waals surface area contributed by atoms with E-state index >= 15 is 0 Å². The molecule has 0 spiro atoms. The largest absolute Gasteiger partial charge is 0.412 e. The molecule has 2 aromatic rings. The Labute approximate surface area is 193 Å². The van der Waals surface area contributed by atoms with Crippen molar-refractivity contribution in [1.82, 2.24) is 10.2 Å². The van der Waals surface area contributed by atoms with Gasteiger partial charge in [-0.2, -0.15) is 18.3 Å². The molecule has 2 aliphatic rings. The van der Waals surface area contributed by atoms with Gasteiger partial charge in [0.2, 0.25) is 0 Å². The molecule has 1 aromatic heterocycles. The zero-order valence-corrected chi connectivity index (χ0v) is 19.7. The van der Waals surface area contributed by atoms with Crippen LogP contribution in [0.1, 0.15) is 51.6 Å². The zero-order chi connectivity index (χ0) is 24.6. The highest BCUT2D eigenvalue weighted by Crippen LogP contribution is 2.49. The van der Waals surface area contributed by atoms with Gasteiger partial charge in [0, 0.05) is 27.7 Å². The summed E-state index contributed by atoms with van der Waals surface area (Å²) in [7, 11) is -0.342. The zero-order valence-electron chi connectivity index (χ0n) is 18.8. The van der Waals surface area contributed by atoms with Crippen molar-refractivity contribution in [3.05, 3.63) is 71.5 Å². The Kier molecular flexibility index (Phi) is 9.59. The quantitative estimate of drug-likeness (QED) is 0.262. The number of aromatic amines is 1. The van der Waals surface area contributed by atoms with Crippen LogP contribution in [0.4, 0.5) is 23.2 Å². The molecule has 0 amide bonds. The molecule has 4 rings (SSSR count). The first-order valence-corrected chi connectivity index (χ1v) is 11.5. The lowest BCUT2D eigenvalue weighted by molar-refractivity contribution is -0.0913. The first-order chi connectivity index (χ1) is 15.7. The van der Waals surface area contributed by atoms with Crippen LogP contribution < -0.4 is 5.32 Å². The molecule has 2 heterocycles. The van der Waals surface area contributed by atoms with Crippen LogP contribution in [0, 0.1) is 11.7 Å². The van der Waals surface area contributed by atoms with Crippen molar-refractivity contribution in [2.24, 2.45) is 5.92 Å². The van der Waals surface area contributed by atoms with Gasteiger partial charge in [-0.1, -0.05) is 39.0 Å². The molecule has 9 heteroatoms. The summed E-state index contributed by atoms with van der Waals surface area (Å²) in [5.74, 6) is 0.487. The highest BCUT2D eigenvalue weighted by Gasteiger charge is 2.37. The Morgan fingerprint density at radius 3 is 2.48 bits per heavy atom. The Morgan fingerprint density at radius 2 is 1.94 bits per heavy atom. The van der Waals surface area contributed by atoms with Gasteiger partial charge in [0.25, 0.3) is 0 Å². The van der Waals surface area contributed by atoms with Gasteiger partial charge in [0.05, 0.1) is 17.9 Å². The first-order valence-electron chi connectivity index (χ1n) is 10.7. The lowest BCUT2D eigenvalue weighted by Gasteiger charge is -2.26. The Balaban J connectivity index is 0.000000217. The first kappa shape index (κ1) is 26.5. The van der Waals surface area contributed by atoms with Crippen LogP contribution in [0.25, 0.3) is 11.3 Å². The third kappa shape index (κ3) is 7.39. The number of H-pyrrole nitrogens is 1. The second kappa shape index (κ2) is 11.9. The van der Waals surface area contributed by atoms with Crippen molar-refractivity contribution in [3.63, 3.8) is 0 Å². The molecule has 4 nitrogen and oxygen atoms in total. The van der Waals surface area contributed by atoms with E-state index < -0.39 is 11.7 Å². The number of nitrogens with zero attached hydrogens (tertiary/aromatic N) is 1. The van der Waals surface area contributed by atoms with Crippen molar-refractivity contribution in [2.75, 3.05) is 5.32 Å². The molecule has 0 unspecified atom stereocenters. The molecule has 1 fully saturated rings. The highest BCUT2D eigenvalue weighted by atomic mass is 31.1. The number of hydrogen-bond acceptors (Lipinski definition) is 3. The SMILES string of the molecule is C=C/C(=C\C=C(/C)C(F)(F)F)P=O.CCC.Fc1ccc2c(c1)-c1[nH]ncc1[C@@H](C1CC1)N2. The predicted octanol–water partition coefficient (Wildman–Crippen LogP) is 8.37. The maximum atomic E-state index is 13.3. The van der Waals surface area contributed by atoms with E-state index in [2.05, 4.69) is 35.9 Å². The van der Waals surface area contributed by atoms with E-state index in [4.69, 9.17) is 0 Å². The molecule has 0 radical (unpaired) electrons. The summed E-state index contributed by atoms with van der Waals surface area (Å²) < 4.78 is 59.3. The fourth-order valence-electron chi connectivity index (χ4n) is 3.08. The third-order valence-electron chi connectivity index (χ3n) is 4.92. The standard InChI is InChI=1S/C13H12FN3.C8H8F3OP.C3H8/c14-8-3-4-11-9(5-8)13-10(6-15-17-13)12(16-11)7-1-2-7;1-3-7(13-12)5-4-6(2)8(9,10)11;1-3-2/h3-7,12,16H,1-2H2,(H,15,17);3-5H,1H2,2H3;3H2,1-2H3/b;6-4+,7-5+;/t12-;;/m1../s1. The summed E-state index contributed by atoms with van der Waals surface area (Å²) in [6, 6.07) is 5.20. The van der Waals surface area contributed by atoms with Crippen LogP contribution in [0.2, 0.25) is 0 Å². The summed E-state index contributed by atoms with van der Waals surface area (Å²) in [6.45, 7) is 8.48. The van der Waals surface area contributed by atoms with Crippen LogP contribution >= 0.6 is 8.46 Å². The summed E-state index contributed by atoms with van der Waals surface area (Å²) in [4.78, 5) is 0. The van der Waals surface area contributed by atoms with Gasteiger partial charge in [0.1, 0.15) is 5.82 Å². The number of fused-ring (bicyclic) bond motifs is 3. The van der Waals surface area contributed by atoms with Gasteiger partial charge >= 0.3 is 6.18 Å². The number of halogens is 4. The minimum absolute atomic E-state index is 0.212. The van der Waals surface area contributed by atoms with Crippen LogP contribution in [0.15, 0.2) is 60.1 Å². The van der Waals surface area contributed by atoms with Crippen molar-refractivity contribution < 1.29 is 22.1 Å². The molecule has 1 saturated carbocycles. The Hall–Kier alpha value is -2.73. The second-order valence-corrected chi connectivity index (χ2v) is 8.49. The number of alkyl halides is 3. The van der Waals surface area contributed by atoms with E-state index in [1.807, 2.05) is 12.3 Å². The molecular formula is C24H28F4N3OP. The number of benzene rings is 1. The average Bonchev–Trinajstić information content (AvgIpc) is 3.49. The highest BCUT2D eigenvalue weighted by molar-refractivity contribution is 7.29. The van der Waals surface area contributed by atoms with Crippen LogP contribution in [-0.2, 0) is 4.57 Å². The summed E-state index contributed by atoms with van der Waals surface area (Å²) >= 11 is 0. The van der Waals surface area contributed by atoms with E-state index in [0.717, 1.165) is 36.0 Å². The number of allylic oxidation sites excluding steroid dienone is 5. The normalized spacial score (nSPS) is 17.5. The van der Waals surface area contributed by atoms with Crippen LogP contribution in [0.3, 0.4) is 0 Å². The van der Waals surface area contributed by atoms with Gasteiger partial charge in [0.15, 0.2) is 8.46 Å². The van der Waals surface area contributed by atoms with E-state index in [-0.39, 0.29) is 19.6 Å². The maximum Gasteiger partial charge on any atom is 0.412 e. The smallest absolute Gasteiger partial charge is 0.377 e. The van der Waals surface area contributed by atoms with Crippen molar-refractivity contribution >= 4 is 14.1 Å². The van der Waals surface area contributed by atoms with Crippen molar-refractivity contribution in [2.45, 2.75) is 52.3 Å². The Bertz CT molecular complexity index is 1010. The van der Waals surface area contributed by atoms with E-state index in [1.165, 1.54) is 37.0 Å². The number of aromatic nitrogens is 2. The molecule has 178 valence electrons. The average molecular weight is 481 g/mol. The lowest BCUT2D eigenvalue weighted by Crippen LogP contribution is -2.17. The molecule has 0 saturated heterocycles. The fraction of sp³-hybridized carbons (Fsp3) is 0.375. The molecule has 33 heavy (non-hydrogen) atoms. The number of anilines is 1. The topological polar surface area (TPSA) is 57.8 Å². The maximum absolute atomic E-state index is 13.3. The molecule has 1 aliphatic heterocycles. The number of nitrogens with one attached hydrogen (secondary N) is 2. The summed E-state index contributed by atoms with van der Waals surface area (Å²) in [5, 5.41) is 10.8. The fourth-order valence-corrected chi connectivity index (χ4v) is 3.29. The van der Waals surface area contributed by atoms with E-state index in [0.29, 0.717) is 12.0 Å². The van der Waals surface area contributed by atoms with E-state index in [9.17, 15) is 22.1 Å². The molecular weight excluding hydrogens is 453 g/mol. The van der Waals surface area contributed by atoms with Gasteiger partial charge < -0.3 is 5.32 Å². The minimum atomic E-state index is -4.33. The van der Waals surface area contributed by atoms with Crippen molar-refractivity contribution in [3.8, 4) is 11.3 Å². The molecule has 0 bridgehead atoms. The molecule has 1 atom stereocenters. The lowest BCUT2D eigenvalue weighted by atomic mass is 9.93. The predicted molar refractivity (Wildman–Crippen MR) is 125 cm³/mol. The second-order valence-electron chi connectivity index (χ2n) is 7.79. The van der Waals surface area contributed by atoms with E-state index in [1.54, 1.807) is 6.07 Å². The molecule has 1 aromatic carbocycles. The van der Waals surface area contributed by atoms with Gasteiger partial charge in [-0.3, -0.25) is 9.66 Å². The Morgan fingerprint density at radius 1 is 1.27 bits per heavy atom. The van der Waals surface area contributed by atoms with Gasteiger partial charge in [-0.15, -0.1) is 0 Å². The monoisotopic (exact) mass is 481 g/mol. The number of hydrogen-bond donors (Lipinski definition) is 2. The minimum Gasteiger partial charge on any atom is -0.377 e. The van der Waals surface area contributed by atoms with Gasteiger partial charge in [-0.25, -0.2) is 4.39 Å².